The summed E-state index contributed by atoms with van der Waals surface area (Å²) < 4.78 is 0. The Kier molecular flexibility index (Phi) is 2.99. The van der Waals surface area contributed by atoms with Crippen molar-refractivity contribution >= 4 is 5.69 Å². The maximum atomic E-state index is 3.59. The fourth-order valence-corrected chi connectivity index (χ4v) is 3.43. The predicted molar refractivity (Wildman–Crippen MR) is 85.3 cm³/mol. The summed E-state index contributed by atoms with van der Waals surface area (Å²) in [7, 11) is 0. The maximum Gasteiger partial charge on any atom is 0.0452 e. The lowest BCUT2D eigenvalue weighted by Crippen LogP contribution is -2.12. The maximum absolute atomic E-state index is 3.59. The highest BCUT2D eigenvalue weighted by atomic mass is 14.9. The summed E-state index contributed by atoms with van der Waals surface area (Å²) in [6, 6.07) is 16.0. The molecule has 1 aliphatic carbocycles. The molecule has 0 radical (unpaired) electrons. The van der Waals surface area contributed by atoms with Crippen LogP contribution in [0.15, 0.2) is 42.5 Å². The van der Waals surface area contributed by atoms with Crippen LogP contribution in [0.25, 0.3) is 11.1 Å². The number of anilines is 1. The number of hydrogen-bond donors (Lipinski definition) is 1. The zero-order valence-electron chi connectivity index (χ0n) is 11.9. The summed E-state index contributed by atoms with van der Waals surface area (Å²) in [6.07, 6.45) is 6.61. The van der Waals surface area contributed by atoms with Crippen LogP contribution in [0.5, 0.6) is 0 Å². The van der Waals surface area contributed by atoms with Crippen LogP contribution in [0.2, 0.25) is 0 Å². The highest BCUT2D eigenvalue weighted by Crippen LogP contribution is 2.38. The Balaban J connectivity index is 1.70. The molecule has 1 N–H and O–H groups in total. The normalized spacial score (nSPS) is 18.0. The first-order valence-electron chi connectivity index (χ1n) is 7.88. The molecule has 0 spiro atoms. The van der Waals surface area contributed by atoms with Gasteiger partial charge in [0.05, 0.1) is 0 Å². The molecule has 0 saturated heterocycles. The molecule has 0 unspecified atom stereocenters. The second-order valence-electron chi connectivity index (χ2n) is 6.12. The summed E-state index contributed by atoms with van der Waals surface area (Å²) in [5.41, 5.74) is 7.06. The Labute approximate surface area is 121 Å². The van der Waals surface area contributed by atoms with Gasteiger partial charge in [0.15, 0.2) is 0 Å². The average molecular weight is 263 g/mol. The third-order valence-corrected chi connectivity index (χ3v) is 4.87. The average Bonchev–Trinajstić information content (AvgIpc) is 2.46. The minimum absolute atomic E-state index is 0.826. The number of fused-ring (bicyclic) bond motifs is 1. The van der Waals surface area contributed by atoms with E-state index in [1.54, 1.807) is 0 Å². The fraction of sp³-hybridized carbons (Fsp3) is 0.368. The van der Waals surface area contributed by atoms with E-state index in [4.69, 9.17) is 0 Å². The van der Waals surface area contributed by atoms with Crippen molar-refractivity contribution in [1.82, 2.24) is 0 Å². The molecule has 0 bridgehead atoms. The molecule has 2 aliphatic rings. The number of nitrogens with one attached hydrogen (secondary N) is 1. The molecule has 0 aromatic heterocycles. The van der Waals surface area contributed by atoms with Gasteiger partial charge in [0.2, 0.25) is 0 Å². The Morgan fingerprint density at radius 2 is 1.75 bits per heavy atom. The van der Waals surface area contributed by atoms with E-state index >= 15 is 0 Å². The summed E-state index contributed by atoms with van der Waals surface area (Å²) in [5.74, 6) is 0.826. The van der Waals surface area contributed by atoms with Crippen LogP contribution in [-0.2, 0) is 6.42 Å². The Morgan fingerprint density at radius 3 is 2.50 bits per heavy atom. The highest BCUT2D eigenvalue weighted by molar-refractivity contribution is 5.80. The van der Waals surface area contributed by atoms with E-state index in [9.17, 15) is 0 Å². The van der Waals surface area contributed by atoms with E-state index in [1.807, 2.05) is 0 Å². The van der Waals surface area contributed by atoms with E-state index in [0.717, 1.165) is 12.5 Å². The van der Waals surface area contributed by atoms with Gasteiger partial charge in [-0.2, -0.15) is 0 Å². The lowest BCUT2D eigenvalue weighted by Gasteiger charge is -2.26. The van der Waals surface area contributed by atoms with Gasteiger partial charge in [-0.15, -0.1) is 0 Å². The molecule has 2 aromatic carbocycles. The molecule has 20 heavy (non-hydrogen) atoms. The third kappa shape index (κ3) is 2.02. The molecule has 0 atom stereocenters. The van der Waals surface area contributed by atoms with Crippen LogP contribution in [0.3, 0.4) is 0 Å². The lowest BCUT2D eigenvalue weighted by molar-refractivity contribution is 0.420. The number of para-hydroxylation sites is 1. The minimum atomic E-state index is 0.826. The van der Waals surface area contributed by atoms with Gasteiger partial charge in [0, 0.05) is 17.8 Å². The van der Waals surface area contributed by atoms with Gasteiger partial charge in [-0.25, -0.2) is 0 Å². The molecule has 1 aliphatic heterocycles. The summed E-state index contributed by atoms with van der Waals surface area (Å²) in [6.45, 7) is 1.10. The van der Waals surface area contributed by atoms with E-state index in [0.29, 0.717) is 0 Å². The molecule has 1 heterocycles. The van der Waals surface area contributed by atoms with Crippen molar-refractivity contribution in [2.75, 3.05) is 11.9 Å². The second kappa shape index (κ2) is 4.97. The van der Waals surface area contributed by atoms with Crippen molar-refractivity contribution in [1.29, 1.82) is 0 Å². The van der Waals surface area contributed by atoms with E-state index < -0.39 is 0 Å². The molecular weight excluding hydrogens is 242 g/mol. The molecule has 0 amide bonds. The van der Waals surface area contributed by atoms with Crippen LogP contribution in [-0.4, -0.2) is 6.54 Å². The number of aryl methyl sites for hydroxylation is 1. The van der Waals surface area contributed by atoms with Crippen molar-refractivity contribution in [3.05, 3.63) is 53.6 Å². The summed E-state index contributed by atoms with van der Waals surface area (Å²) in [5, 5.41) is 3.59. The van der Waals surface area contributed by atoms with Crippen molar-refractivity contribution in [2.24, 2.45) is 0 Å². The monoisotopic (exact) mass is 263 g/mol. The highest BCUT2D eigenvalue weighted by Gasteiger charge is 2.19. The van der Waals surface area contributed by atoms with E-state index in [1.165, 1.54) is 60.0 Å². The topological polar surface area (TPSA) is 12.0 Å². The number of hydrogen-bond acceptors (Lipinski definition) is 1. The zero-order chi connectivity index (χ0) is 13.4. The molecule has 1 saturated carbocycles. The van der Waals surface area contributed by atoms with Crippen molar-refractivity contribution < 1.29 is 0 Å². The van der Waals surface area contributed by atoms with Crippen molar-refractivity contribution in [3.8, 4) is 11.1 Å². The second-order valence-corrected chi connectivity index (χ2v) is 6.12. The van der Waals surface area contributed by atoms with Crippen LogP contribution >= 0.6 is 0 Å². The van der Waals surface area contributed by atoms with Crippen LogP contribution in [0, 0.1) is 0 Å². The van der Waals surface area contributed by atoms with Gasteiger partial charge in [0.25, 0.3) is 0 Å². The number of rotatable bonds is 2. The lowest BCUT2D eigenvalue weighted by atomic mass is 9.80. The zero-order valence-corrected chi connectivity index (χ0v) is 11.9. The first-order chi connectivity index (χ1) is 9.92. The minimum Gasteiger partial charge on any atom is -0.384 e. The predicted octanol–water partition coefficient (Wildman–Crippen LogP) is 4.98. The Hall–Kier alpha value is -1.76. The smallest absolute Gasteiger partial charge is 0.0452 e. The van der Waals surface area contributed by atoms with Gasteiger partial charge in [-0.3, -0.25) is 0 Å². The van der Waals surface area contributed by atoms with Gasteiger partial charge in [0.1, 0.15) is 0 Å². The molecule has 1 nitrogen and oxygen atoms in total. The Bertz CT molecular complexity index is 608. The van der Waals surface area contributed by atoms with Gasteiger partial charge >= 0.3 is 0 Å². The SMILES string of the molecule is c1cc2c(c(-c3ccc(C4CCC4)cc3)c1)NCCC2. The van der Waals surface area contributed by atoms with E-state index in [-0.39, 0.29) is 0 Å². The summed E-state index contributed by atoms with van der Waals surface area (Å²) >= 11 is 0. The van der Waals surface area contributed by atoms with Crippen molar-refractivity contribution in [3.63, 3.8) is 0 Å². The van der Waals surface area contributed by atoms with Crippen LogP contribution in [0.4, 0.5) is 5.69 Å². The molecule has 1 heteroatoms. The molecule has 1 fully saturated rings. The van der Waals surface area contributed by atoms with Gasteiger partial charge in [-0.1, -0.05) is 48.9 Å². The first-order valence-corrected chi connectivity index (χ1v) is 7.88. The largest absolute Gasteiger partial charge is 0.384 e. The van der Waals surface area contributed by atoms with E-state index in [2.05, 4.69) is 47.8 Å². The standard InChI is InChI=1S/C19H21N/c1-4-14(5-1)15-9-11-16(12-10-15)18-8-2-6-17-7-3-13-20-19(17)18/h2,6,8-12,14,20H,1,3-5,7,13H2. The van der Waals surface area contributed by atoms with Crippen molar-refractivity contribution in [2.45, 2.75) is 38.0 Å². The molecule has 102 valence electrons. The molecule has 2 aromatic rings. The van der Waals surface area contributed by atoms with Crippen LogP contribution < -0.4 is 5.32 Å². The Morgan fingerprint density at radius 1 is 0.900 bits per heavy atom. The third-order valence-electron chi connectivity index (χ3n) is 4.87. The number of benzene rings is 2. The molecular formula is C19H21N. The fourth-order valence-electron chi connectivity index (χ4n) is 3.43. The first kappa shape index (κ1) is 12.0. The van der Waals surface area contributed by atoms with Crippen LogP contribution in [0.1, 0.15) is 42.7 Å². The van der Waals surface area contributed by atoms with Gasteiger partial charge < -0.3 is 5.32 Å². The quantitative estimate of drug-likeness (QED) is 0.805. The molecule has 4 rings (SSSR count). The van der Waals surface area contributed by atoms with Gasteiger partial charge in [-0.05, 0) is 48.3 Å². The summed E-state index contributed by atoms with van der Waals surface area (Å²) in [4.78, 5) is 0.